The van der Waals surface area contributed by atoms with E-state index in [1.165, 1.54) is 5.56 Å². The summed E-state index contributed by atoms with van der Waals surface area (Å²) in [6.45, 7) is 2.06. The van der Waals surface area contributed by atoms with Crippen LogP contribution in [0.4, 0.5) is 0 Å². The lowest BCUT2D eigenvalue weighted by Crippen LogP contribution is -1.74. The van der Waals surface area contributed by atoms with Crippen molar-refractivity contribution in [1.82, 2.24) is 4.98 Å². The molecule has 1 aromatic heterocycles. The Hall–Kier alpha value is -0.190. The van der Waals surface area contributed by atoms with Gasteiger partial charge in [0.25, 0.3) is 0 Å². The van der Waals surface area contributed by atoms with Gasteiger partial charge in [0.2, 0.25) is 0 Å². The number of hydrogen-bond donors (Lipinski definition) is 0. The second-order valence-electron chi connectivity index (χ2n) is 2.57. The van der Waals surface area contributed by atoms with Crippen LogP contribution in [-0.4, -0.2) is 4.98 Å². The summed E-state index contributed by atoms with van der Waals surface area (Å²) < 4.78 is 2.90. The topological polar surface area (TPSA) is 12.9 Å². The van der Waals surface area contributed by atoms with Crippen LogP contribution in [-0.2, 0) is 12.6 Å². The predicted octanol–water partition coefficient (Wildman–Crippen LogP) is 3.27. The van der Waals surface area contributed by atoms with Crippen molar-refractivity contribution in [2.75, 3.05) is 0 Å². The Morgan fingerprint density at radius 3 is 3.00 bits per heavy atom. The van der Waals surface area contributed by atoms with Gasteiger partial charge < -0.3 is 24.0 Å². The molecule has 0 N–H and O–H groups in total. The molecule has 62 valence electrons. The molecule has 12 heavy (non-hydrogen) atoms. The Kier molecular flexibility index (Phi) is 2.06. The zero-order chi connectivity index (χ0) is 8.72. The van der Waals surface area contributed by atoms with Gasteiger partial charge in [-0.1, -0.05) is 11.6 Å². The third-order valence-corrected chi connectivity index (χ3v) is 3.32. The van der Waals surface area contributed by atoms with Gasteiger partial charge >= 0.3 is 0 Å². The number of halogens is 1. The first-order valence-electron chi connectivity index (χ1n) is 3.40. The van der Waals surface area contributed by atoms with Crippen molar-refractivity contribution < 1.29 is 0 Å². The predicted molar refractivity (Wildman–Crippen MR) is 57.7 cm³/mol. The highest BCUT2D eigenvalue weighted by atomic mass is 79.9. The summed E-state index contributed by atoms with van der Waals surface area (Å²) in [4.78, 5) is 4.24. The van der Waals surface area contributed by atoms with Crippen LogP contribution in [0.1, 0.15) is 5.56 Å². The lowest BCUT2D eigenvalue weighted by Gasteiger charge is -1.97. The molecule has 0 amide bonds. The van der Waals surface area contributed by atoms with Gasteiger partial charge in [0.05, 0.1) is 5.52 Å². The van der Waals surface area contributed by atoms with Crippen LogP contribution in [0.25, 0.3) is 10.2 Å². The lowest BCUT2D eigenvalue weighted by atomic mass is 10.2. The molecule has 0 fully saturated rings. The molecule has 0 unspecified atom stereocenters. The van der Waals surface area contributed by atoms with Crippen molar-refractivity contribution in [3.05, 3.63) is 22.2 Å². The van der Waals surface area contributed by atoms with Gasteiger partial charge in [0.15, 0.2) is 0 Å². The van der Waals surface area contributed by atoms with E-state index >= 15 is 0 Å². The number of hydrogen-bond acceptors (Lipinski definition) is 3. The van der Waals surface area contributed by atoms with E-state index in [0.29, 0.717) is 4.34 Å². The first-order valence-corrected chi connectivity index (χ1v) is 5.42. The first-order chi connectivity index (χ1) is 5.66. The largest absolute Gasteiger partial charge is 0.408 e. The van der Waals surface area contributed by atoms with Crippen LogP contribution >= 0.6 is 27.3 Å². The van der Waals surface area contributed by atoms with E-state index in [0.717, 1.165) is 14.7 Å². The Balaban J connectivity index is 2.88. The maximum absolute atomic E-state index is 5.00. The van der Waals surface area contributed by atoms with Gasteiger partial charge in [0.1, 0.15) is 0 Å². The molecule has 1 aromatic carbocycles. The summed E-state index contributed by atoms with van der Waals surface area (Å²) in [5.41, 5.74) is 2.21. The van der Waals surface area contributed by atoms with Crippen LogP contribution < -0.4 is 0 Å². The van der Waals surface area contributed by atoms with E-state index in [4.69, 9.17) is 12.6 Å². The van der Waals surface area contributed by atoms with Gasteiger partial charge in [0, 0.05) is 4.47 Å². The van der Waals surface area contributed by atoms with Crippen LogP contribution in [0.5, 0.6) is 0 Å². The zero-order valence-electron chi connectivity index (χ0n) is 6.30. The first kappa shape index (κ1) is 8.41. The van der Waals surface area contributed by atoms with E-state index in [-0.39, 0.29) is 0 Å². The van der Waals surface area contributed by atoms with Crippen LogP contribution in [0.2, 0.25) is 0 Å². The number of nitrogens with zero attached hydrogens (tertiary/aromatic N) is 1. The molecule has 0 atom stereocenters. The van der Waals surface area contributed by atoms with E-state index in [2.05, 4.69) is 40.0 Å². The highest BCUT2D eigenvalue weighted by Crippen LogP contribution is 2.29. The van der Waals surface area contributed by atoms with E-state index in [1.807, 2.05) is 0 Å². The molecule has 0 aliphatic heterocycles. The summed E-state index contributed by atoms with van der Waals surface area (Å²) in [7, 11) is 0. The quantitative estimate of drug-likeness (QED) is 0.673. The zero-order valence-corrected chi connectivity index (χ0v) is 9.52. The molecule has 0 aliphatic rings. The smallest absolute Gasteiger partial charge is 0.0742 e. The molecule has 1 heterocycles. The Morgan fingerprint density at radius 1 is 1.50 bits per heavy atom. The fourth-order valence-electron chi connectivity index (χ4n) is 1.10. The van der Waals surface area contributed by atoms with Gasteiger partial charge in [-0.05, 0) is 38.0 Å². The van der Waals surface area contributed by atoms with Crippen molar-refractivity contribution in [3.8, 4) is 0 Å². The molecule has 2 rings (SSSR count). The average Bonchev–Trinajstić information content (AvgIpc) is 2.29. The molecule has 0 bridgehead atoms. The van der Waals surface area contributed by atoms with E-state index < -0.39 is 0 Å². The number of thiazole rings is 1. The molecule has 4 heteroatoms. The summed E-state index contributed by atoms with van der Waals surface area (Å²) in [5, 5.41) is 0. The van der Waals surface area contributed by atoms with E-state index in [9.17, 15) is 0 Å². The summed E-state index contributed by atoms with van der Waals surface area (Å²) >= 11 is 10.0. The van der Waals surface area contributed by atoms with E-state index in [1.54, 1.807) is 11.3 Å². The minimum Gasteiger partial charge on any atom is -0.408 e. The Bertz CT molecular complexity index is 436. The summed E-state index contributed by atoms with van der Waals surface area (Å²) in [5.74, 6) is 0. The van der Waals surface area contributed by atoms with Crippen LogP contribution in [0.3, 0.4) is 0 Å². The fourth-order valence-corrected chi connectivity index (χ4v) is 3.07. The maximum Gasteiger partial charge on any atom is 0.0742 e. The fraction of sp³-hybridized carbons (Fsp3) is 0.125. The highest BCUT2D eigenvalue weighted by Gasteiger charge is 1.99. The molecular formula is C8H5BrNS2-. The van der Waals surface area contributed by atoms with Crippen molar-refractivity contribution in [2.45, 2.75) is 11.3 Å². The lowest BCUT2D eigenvalue weighted by molar-refractivity contribution is 1.30. The number of rotatable bonds is 0. The maximum atomic E-state index is 5.00. The second-order valence-corrected chi connectivity index (χ2v) is 5.10. The average molecular weight is 259 g/mol. The molecule has 0 radical (unpaired) electrons. The van der Waals surface area contributed by atoms with Gasteiger partial charge in [-0.3, -0.25) is 4.98 Å². The standard InChI is InChI=1S/C8H6BrNS2/c1-4-2-5(9)7-6(3-4)12-8(11)10-7/h2-3H,1H3,(H,10,11)/p-1. The Labute approximate surface area is 88.4 Å². The SMILES string of the molecule is Cc1cc(Br)c2nc([S-])sc2c1. The van der Waals surface area contributed by atoms with Crippen molar-refractivity contribution >= 4 is 50.1 Å². The molecular weight excluding hydrogens is 254 g/mol. The molecule has 0 aliphatic carbocycles. The minimum absolute atomic E-state index is 0.705. The highest BCUT2D eigenvalue weighted by molar-refractivity contribution is 9.10. The number of fused-ring (bicyclic) bond motifs is 1. The molecule has 0 spiro atoms. The number of aromatic nitrogens is 1. The normalized spacial score (nSPS) is 10.8. The second kappa shape index (κ2) is 2.94. The molecule has 1 nitrogen and oxygen atoms in total. The van der Waals surface area contributed by atoms with Gasteiger partial charge in [-0.25, -0.2) is 0 Å². The van der Waals surface area contributed by atoms with Gasteiger partial charge in [-0.15, -0.1) is 0 Å². The minimum atomic E-state index is 0.705. The number of benzene rings is 1. The molecule has 0 saturated heterocycles. The van der Waals surface area contributed by atoms with Gasteiger partial charge in [-0.2, -0.15) is 0 Å². The van der Waals surface area contributed by atoms with Crippen molar-refractivity contribution in [3.63, 3.8) is 0 Å². The molecule has 2 aromatic rings. The monoisotopic (exact) mass is 258 g/mol. The summed E-state index contributed by atoms with van der Waals surface area (Å²) in [6.07, 6.45) is 0. The third kappa shape index (κ3) is 1.34. The van der Waals surface area contributed by atoms with Crippen molar-refractivity contribution in [2.24, 2.45) is 0 Å². The number of aryl methyl sites for hydroxylation is 1. The van der Waals surface area contributed by atoms with Crippen LogP contribution in [0.15, 0.2) is 20.9 Å². The van der Waals surface area contributed by atoms with Crippen LogP contribution in [0, 0.1) is 6.92 Å². The molecule has 0 saturated carbocycles. The third-order valence-electron chi connectivity index (χ3n) is 1.57. The Morgan fingerprint density at radius 2 is 2.25 bits per heavy atom. The summed E-state index contributed by atoms with van der Waals surface area (Å²) in [6, 6.07) is 4.16. The van der Waals surface area contributed by atoms with Crippen molar-refractivity contribution in [1.29, 1.82) is 0 Å².